The molecule has 104 valence electrons. The molecule has 0 bridgehead atoms. The zero-order valence-electron chi connectivity index (χ0n) is 10.7. The number of hydrogen-bond donors (Lipinski definition) is 0. The van der Waals surface area contributed by atoms with Crippen LogP contribution in [-0.2, 0) is 9.84 Å². The Morgan fingerprint density at radius 3 is 2.20 bits per heavy atom. The zero-order chi connectivity index (χ0) is 14.0. The average molecular weight is 306 g/mol. The Bertz CT molecular complexity index is 675. The van der Waals surface area contributed by atoms with E-state index >= 15 is 0 Å². The first-order chi connectivity index (χ1) is 9.63. The highest BCUT2D eigenvalue weighted by Gasteiger charge is 2.29. The van der Waals surface area contributed by atoms with Gasteiger partial charge in [0, 0.05) is 11.0 Å². The Hall–Kier alpha value is -1.46. The van der Waals surface area contributed by atoms with Crippen LogP contribution in [0.3, 0.4) is 0 Å². The van der Waals surface area contributed by atoms with Crippen LogP contribution in [0.5, 0.6) is 11.5 Å². The summed E-state index contributed by atoms with van der Waals surface area (Å²) in [5.74, 6) is 2.55. The van der Waals surface area contributed by atoms with E-state index in [4.69, 9.17) is 4.74 Å². The van der Waals surface area contributed by atoms with Gasteiger partial charge in [0.15, 0.2) is 9.84 Å². The molecule has 3 nitrogen and oxygen atoms in total. The molecule has 0 aromatic heterocycles. The SMILES string of the molecule is O=S(=O)(C[C@H]1CS1)c1ccc(Oc2ccccc2)cc1. The fourth-order valence-electron chi connectivity index (χ4n) is 1.84. The highest BCUT2D eigenvalue weighted by atomic mass is 32.2. The molecule has 0 spiro atoms. The summed E-state index contributed by atoms with van der Waals surface area (Å²) in [5, 5.41) is 0.278. The lowest BCUT2D eigenvalue weighted by Gasteiger charge is -2.07. The molecule has 0 radical (unpaired) electrons. The minimum atomic E-state index is -3.16. The molecule has 2 aromatic carbocycles. The van der Waals surface area contributed by atoms with Crippen LogP contribution in [-0.4, -0.2) is 25.2 Å². The maximum absolute atomic E-state index is 12.1. The van der Waals surface area contributed by atoms with Gasteiger partial charge in [0.2, 0.25) is 0 Å². The van der Waals surface area contributed by atoms with Crippen molar-refractivity contribution in [2.24, 2.45) is 0 Å². The van der Waals surface area contributed by atoms with Crippen LogP contribution in [0, 0.1) is 0 Å². The third-order valence-corrected chi connectivity index (χ3v) is 5.98. The molecule has 3 rings (SSSR count). The maximum atomic E-state index is 12.1. The van der Waals surface area contributed by atoms with Gasteiger partial charge in [-0.2, -0.15) is 11.8 Å². The van der Waals surface area contributed by atoms with Gasteiger partial charge in [-0.15, -0.1) is 0 Å². The van der Waals surface area contributed by atoms with Crippen molar-refractivity contribution in [3.05, 3.63) is 54.6 Å². The quantitative estimate of drug-likeness (QED) is 0.794. The predicted molar refractivity (Wildman–Crippen MR) is 81.3 cm³/mol. The van der Waals surface area contributed by atoms with E-state index in [-0.39, 0.29) is 11.0 Å². The fraction of sp³-hybridized carbons (Fsp3) is 0.200. The molecular formula is C15H14O3S2. The molecule has 0 N–H and O–H groups in total. The van der Waals surface area contributed by atoms with Gasteiger partial charge in [-0.05, 0) is 36.4 Å². The lowest BCUT2D eigenvalue weighted by molar-refractivity contribution is 0.482. The summed E-state index contributed by atoms with van der Waals surface area (Å²) in [5.41, 5.74) is 0. The van der Waals surface area contributed by atoms with Crippen molar-refractivity contribution >= 4 is 21.6 Å². The van der Waals surface area contributed by atoms with E-state index in [0.29, 0.717) is 10.6 Å². The van der Waals surface area contributed by atoms with E-state index in [1.165, 1.54) is 0 Å². The summed E-state index contributed by atoms with van der Waals surface area (Å²) in [7, 11) is -3.16. The molecular weight excluding hydrogens is 292 g/mol. The third-order valence-electron chi connectivity index (χ3n) is 2.97. The smallest absolute Gasteiger partial charge is 0.179 e. The Balaban J connectivity index is 1.74. The number of para-hydroxylation sites is 1. The summed E-state index contributed by atoms with van der Waals surface area (Å²) in [6, 6.07) is 16.0. The second-order valence-electron chi connectivity index (χ2n) is 4.62. The van der Waals surface area contributed by atoms with E-state index in [1.54, 1.807) is 36.0 Å². The molecule has 0 unspecified atom stereocenters. The van der Waals surface area contributed by atoms with Gasteiger partial charge in [-0.3, -0.25) is 0 Å². The van der Waals surface area contributed by atoms with E-state index < -0.39 is 9.84 Å². The van der Waals surface area contributed by atoms with Crippen molar-refractivity contribution in [2.75, 3.05) is 11.5 Å². The van der Waals surface area contributed by atoms with Crippen molar-refractivity contribution in [2.45, 2.75) is 10.1 Å². The average Bonchev–Trinajstić information content (AvgIpc) is 3.24. The molecule has 1 heterocycles. The molecule has 5 heteroatoms. The van der Waals surface area contributed by atoms with Crippen LogP contribution < -0.4 is 4.74 Å². The van der Waals surface area contributed by atoms with Gasteiger partial charge >= 0.3 is 0 Å². The monoisotopic (exact) mass is 306 g/mol. The molecule has 2 aromatic rings. The van der Waals surface area contributed by atoms with E-state index in [2.05, 4.69) is 0 Å². The molecule has 0 saturated carbocycles. The molecule has 0 amide bonds. The summed E-state index contributed by atoms with van der Waals surface area (Å²) < 4.78 is 29.8. The molecule has 20 heavy (non-hydrogen) atoms. The third kappa shape index (κ3) is 3.35. The normalized spacial score (nSPS) is 17.7. The predicted octanol–water partition coefficient (Wildman–Crippen LogP) is 3.37. The summed E-state index contributed by atoms with van der Waals surface area (Å²) in [6.07, 6.45) is 0. The number of rotatable bonds is 5. The summed E-state index contributed by atoms with van der Waals surface area (Å²) in [4.78, 5) is 0.366. The van der Waals surface area contributed by atoms with Crippen molar-refractivity contribution in [1.82, 2.24) is 0 Å². The van der Waals surface area contributed by atoms with Gasteiger partial charge in [0.05, 0.1) is 10.6 Å². The Labute approximate surface area is 122 Å². The Kier molecular flexibility index (Phi) is 3.72. The lowest BCUT2D eigenvalue weighted by Crippen LogP contribution is -2.10. The highest BCUT2D eigenvalue weighted by Crippen LogP contribution is 2.33. The minimum Gasteiger partial charge on any atom is -0.457 e. The standard InChI is InChI=1S/C15H14O3S2/c16-20(17,11-14-10-19-14)15-8-6-13(7-9-15)18-12-4-2-1-3-5-12/h1-9,14H,10-11H2/t14-/m1/s1. The Morgan fingerprint density at radius 1 is 1.00 bits per heavy atom. The first-order valence-electron chi connectivity index (χ1n) is 6.31. The number of ether oxygens (including phenoxy) is 1. The second-order valence-corrected chi connectivity index (χ2v) is 7.99. The summed E-state index contributed by atoms with van der Waals surface area (Å²) >= 11 is 1.69. The lowest BCUT2D eigenvalue weighted by atomic mass is 10.3. The van der Waals surface area contributed by atoms with Gasteiger partial charge in [0.25, 0.3) is 0 Å². The van der Waals surface area contributed by atoms with Crippen LogP contribution in [0.2, 0.25) is 0 Å². The molecule has 1 fully saturated rings. The van der Waals surface area contributed by atoms with E-state index in [9.17, 15) is 8.42 Å². The molecule has 1 aliphatic heterocycles. The van der Waals surface area contributed by atoms with Crippen molar-refractivity contribution in [1.29, 1.82) is 0 Å². The highest BCUT2D eigenvalue weighted by molar-refractivity contribution is 8.08. The number of benzene rings is 2. The topological polar surface area (TPSA) is 43.4 Å². The van der Waals surface area contributed by atoms with Crippen LogP contribution in [0.15, 0.2) is 59.5 Å². The first-order valence-corrected chi connectivity index (χ1v) is 9.01. The first kappa shape index (κ1) is 13.5. The number of sulfone groups is 1. The van der Waals surface area contributed by atoms with Crippen LogP contribution in [0.25, 0.3) is 0 Å². The van der Waals surface area contributed by atoms with Gasteiger partial charge in [0.1, 0.15) is 11.5 Å². The van der Waals surface area contributed by atoms with Gasteiger partial charge in [-0.1, -0.05) is 18.2 Å². The number of thioether (sulfide) groups is 1. The summed E-state index contributed by atoms with van der Waals surface area (Å²) in [6.45, 7) is 0. The van der Waals surface area contributed by atoms with Gasteiger partial charge < -0.3 is 4.74 Å². The van der Waals surface area contributed by atoms with Crippen molar-refractivity contribution in [3.63, 3.8) is 0 Å². The fourth-order valence-corrected chi connectivity index (χ4v) is 4.52. The van der Waals surface area contributed by atoms with Crippen LogP contribution in [0.4, 0.5) is 0 Å². The number of hydrogen-bond acceptors (Lipinski definition) is 4. The molecule has 0 aliphatic carbocycles. The van der Waals surface area contributed by atoms with Crippen molar-refractivity contribution in [3.8, 4) is 11.5 Å². The second kappa shape index (κ2) is 5.50. The minimum absolute atomic E-state index is 0.233. The molecule has 1 saturated heterocycles. The van der Waals surface area contributed by atoms with E-state index in [0.717, 1.165) is 11.5 Å². The van der Waals surface area contributed by atoms with E-state index in [1.807, 2.05) is 30.3 Å². The van der Waals surface area contributed by atoms with Crippen molar-refractivity contribution < 1.29 is 13.2 Å². The zero-order valence-corrected chi connectivity index (χ0v) is 12.4. The largest absolute Gasteiger partial charge is 0.457 e. The van der Waals surface area contributed by atoms with Gasteiger partial charge in [-0.25, -0.2) is 8.42 Å². The van der Waals surface area contributed by atoms with Crippen LogP contribution in [0.1, 0.15) is 0 Å². The Morgan fingerprint density at radius 2 is 1.60 bits per heavy atom. The molecule has 1 atom stereocenters. The van der Waals surface area contributed by atoms with Crippen LogP contribution >= 0.6 is 11.8 Å². The molecule has 1 aliphatic rings. The maximum Gasteiger partial charge on any atom is 0.179 e.